The van der Waals surface area contributed by atoms with Gasteiger partial charge in [0.15, 0.2) is 0 Å². The van der Waals surface area contributed by atoms with E-state index < -0.39 is 29.8 Å². The molecule has 0 radical (unpaired) electrons. The first kappa shape index (κ1) is 15.7. The summed E-state index contributed by atoms with van der Waals surface area (Å²) in [6.07, 6.45) is 2.90. The number of carbonyl (C=O) groups excluding carboxylic acids is 2. The number of amides is 1. The van der Waals surface area contributed by atoms with Gasteiger partial charge >= 0.3 is 11.9 Å². The molecular weight excluding hydrogens is 266 g/mol. The van der Waals surface area contributed by atoms with Crippen molar-refractivity contribution in [2.24, 2.45) is 5.92 Å². The molecule has 3 N–H and O–H groups in total. The van der Waals surface area contributed by atoms with Gasteiger partial charge in [-0.3, -0.25) is 9.59 Å². The second-order valence-corrected chi connectivity index (χ2v) is 4.36. The summed E-state index contributed by atoms with van der Waals surface area (Å²) in [4.78, 5) is 40.6. The lowest BCUT2D eigenvalue weighted by Gasteiger charge is -2.16. The molecule has 0 aliphatic heterocycles. The molecule has 20 heavy (non-hydrogen) atoms. The molecule has 0 fully saturated rings. The summed E-state index contributed by atoms with van der Waals surface area (Å²) < 4.78 is 4.46. The van der Waals surface area contributed by atoms with E-state index in [2.05, 4.69) is 20.0 Å². The minimum Gasteiger partial charge on any atom is -0.480 e. The van der Waals surface area contributed by atoms with Gasteiger partial charge in [-0.1, -0.05) is 6.92 Å². The molecule has 0 aromatic carbocycles. The fourth-order valence-electron chi connectivity index (χ4n) is 1.56. The van der Waals surface area contributed by atoms with E-state index in [4.69, 9.17) is 5.11 Å². The van der Waals surface area contributed by atoms with Gasteiger partial charge in [0.05, 0.1) is 19.9 Å². The Labute approximate surface area is 115 Å². The lowest BCUT2D eigenvalue weighted by molar-refractivity contribution is -0.145. The van der Waals surface area contributed by atoms with Crippen LogP contribution in [-0.2, 0) is 25.5 Å². The zero-order valence-electron chi connectivity index (χ0n) is 11.3. The summed E-state index contributed by atoms with van der Waals surface area (Å²) in [5, 5.41) is 11.5. The third-order valence-corrected chi connectivity index (χ3v) is 2.74. The number of H-pyrrole nitrogens is 1. The van der Waals surface area contributed by atoms with Crippen LogP contribution in [0, 0.1) is 5.92 Å². The highest BCUT2D eigenvalue weighted by molar-refractivity contribution is 5.87. The summed E-state index contributed by atoms with van der Waals surface area (Å²) >= 11 is 0. The number of methoxy groups -OCH3 is 1. The SMILES string of the molecule is COC(=O)CC(C)C(=O)N[C@@H](Cc1cnc[nH]1)C(=O)O. The summed E-state index contributed by atoms with van der Waals surface area (Å²) in [7, 11) is 1.23. The number of carboxylic acid groups (broad SMARTS) is 1. The fourth-order valence-corrected chi connectivity index (χ4v) is 1.56. The zero-order valence-corrected chi connectivity index (χ0v) is 11.3. The number of esters is 1. The lowest BCUT2D eigenvalue weighted by atomic mass is 10.1. The minimum absolute atomic E-state index is 0.0893. The Morgan fingerprint density at radius 3 is 2.70 bits per heavy atom. The quantitative estimate of drug-likeness (QED) is 0.592. The molecule has 1 aromatic heterocycles. The van der Waals surface area contributed by atoms with Gasteiger partial charge in [0, 0.05) is 24.2 Å². The van der Waals surface area contributed by atoms with Gasteiger partial charge in [0.1, 0.15) is 6.04 Å². The summed E-state index contributed by atoms with van der Waals surface area (Å²) in [5.41, 5.74) is 0.596. The number of rotatable bonds is 7. The first-order chi connectivity index (χ1) is 9.43. The van der Waals surface area contributed by atoms with Crippen LogP contribution in [-0.4, -0.2) is 46.1 Å². The van der Waals surface area contributed by atoms with Crippen molar-refractivity contribution in [1.29, 1.82) is 0 Å². The van der Waals surface area contributed by atoms with Crippen molar-refractivity contribution in [3.05, 3.63) is 18.2 Å². The average Bonchev–Trinajstić information content (AvgIpc) is 2.90. The van der Waals surface area contributed by atoms with E-state index in [1.807, 2.05) is 0 Å². The number of nitrogens with zero attached hydrogens (tertiary/aromatic N) is 1. The average molecular weight is 283 g/mol. The monoisotopic (exact) mass is 283 g/mol. The molecule has 110 valence electrons. The number of aromatic amines is 1. The maximum Gasteiger partial charge on any atom is 0.326 e. The van der Waals surface area contributed by atoms with E-state index in [0.717, 1.165) is 0 Å². The number of aliphatic carboxylic acids is 1. The minimum atomic E-state index is -1.15. The number of aromatic nitrogens is 2. The molecule has 1 amide bonds. The highest BCUT2D eigenvalue weighted by atomic mass is 16.5. The molecule has 0 aliphatic carbocycles. The zero-order chi connectivity index (χ0) is 15.1. The molecule has 0 spiro atoms. The maximum absolute atomic E-state index is 11.8. The van der Waals surface area contributed by atoms with Gasteiger partial charge in [0.25, 0.3) is 0 Å². The van der Waals surface area contributed by atoms with Crippen molar-refractivity contribution in [1.82, 2.24) is 15.3 Å². The molecule has 0 bridgehead atoms. The third kappa shape index (κ3) is 4.71. The van der Waals surface area contributed by atoms with Crippen LogP contribution >= 0.6 is 0 Å². The molecule has 1 heterocycles. The largest absolute Gasteiger partial charge is 0.480 e. The Bertz CT molecular complexity index is 471. The maximum atomic E-state index is 11.8. The molecule has 1 rings (SSSR count). The van der Waals surface area contributed by atoms with Gasteiger partial charge in [-0.2, -0.15) is 0 Å². The van der Waals surface area contributed by atoms with Crippen molar-refractivity contribution in [2.75, 3.05) is 7.11 Å². The van der Waals surface area contributed by atoms with E-state index in [1.54, 1.807) is 0 Å². The first-order valence-corrected chi connectivity index (χ1v) is 6.01. The van der Waals surface area contributed by atoms with E-state index in [9.17, 15) is 14.4 Å². The Hall–Kier alpha value is -2.38. The molecule has 0 aliphatic rings. The second kappa shape index (κ2) is 7.27. The van der Waals surface area contributed by atoms with Crippen LogP contribution in [0.4, 0.5) is 0 Å². The molecule has 1 aromatic rings. The van der Waals surface area contributed by atoms with Crippen LogP contribution in [0.2, 0.25) is 0 Å². The summed E-state index contributed by atoms with van der Waals surface area (Å²) in [6.45, 7) is 1.53. The Balaban J connectivity index is 2.59. The molecular formula is C12H17N3O5. The Morgan fingerprint density at radius 1 is 1.50 bits per heavy atom. The van der Waals surface area contributed by atoms with Gasteiger partial charge in [-0.05, 0) is 0 Å². The molecule has 1 unspecified atom stereocenters. The predicted octanol–water partition coefficient (Wildman–Crippen LogP) is -0.279. The van der Waals surface area contributed by atoms with Gasteiger partial charge < -0.3 is 20.1 Å². The van der Waals surface area contributed by atoms with Gasteiger partial charge in [-0.25, -0.2) is 9.78 Å². The molecule has 8 heteroatoms. The van der Waals surface area contributed by atoms with Crippen LogP contribution in [0.15, 0.2) is 12.5 Å². The molecule has 0 saturated heterocycles. The van der Waals surface area contributed by atoms with Crippen LogP contribution < -0.4 is 5.32 Å². The number of carboxylic acids is 1. The van der Waals surface area contributed by atoms with Gasteiger partial charge in [-0.15, -0.1) is 0 Å². The number of carbonyl (C=O) groups is 3. The third-order valence-electron chi connectivity index (χ3n) is 2.74. The van der Waals surface area contributed by atoms with Crippen molar-refractivity contribution >= 4 is 17.8 Å². The lowest BCUT2D eigenvalue weighted by Crippen LogP contribution is -2.44. The van der Waals surface area contributed by atoms with Gasteiger partial charge in [0.2, 0.25) is 5.91 Å². The smallest absolute Gasteiger partial charge is 0.326 e. The highest BCUT2D eigenvalue weighted by Crippen LogP contribution is 2.06. The van der Waals surface area contributed by atoms with Crippen molar-refractivity contribution in [3.63, 3.8) is 0 Å². The number of nitrogens with one attached hydrogen (secondary N) is 2. The standard InChI is InChI=1S/C12H17N3O5/c1-7(3-10(16)20-2)11(17)15-9(12(18)19)4-8-5-13-6-14-8/h5-7,9H,3-4H2,1-2H3,(H,13,14)(H,15,17)(H,18,19)/t7?,9-/m0/s1. The van der Waals surface area contributed by atoms with Crippen molar-refractivity contribution in [3.8, 4) is 0 Å². The predicted molar refractivity (Wildman–Crippen MR) is 67.7 cm³/mol. The summed E-state index contributed by atoms with van der Waals surface area (Å²) in [6, 6.07) is -1.08. The molecule has 0 saturated carbocycles. The van der Waals surface area contributed by atoms with E-state index >= 15 is 0 Å². The number of ether oxygens (including phenoxy) is 1. The van der Waals surface area contributed by atoms with E-state index in [-0.39, 0.29) is 12.8 Å². The van der Waals surface area contributed by atoms with Crippen LogP contribution in [0.1, 0.15) is 19.0 Å². The van der Waals surface area contributed by atoms with Crippen molar-refractivity contribution in [2.45, 2.75) is 25.8 Å². The number of imidazole rings is 1. The van der Waals surface area contributed by atoms with Crippen LogP contribution in [0.25, 0.3) is 0 Å². The second-order valence-electron chi connectivity index (χ2n) is 4.36. The van der Waals surface area contributed by atoms with Crippen LogP contribution in [0.3, 0.4) is 0 Å². The van der Waals surface area contributed by atoms with E-state index in [1.165, 1.54) is 26.6 Å². The normalized spacial score (nSPS) is 13.3. The Morgan fingerprint density at radius 2 is 2.20 bits per heavy atom. The Kier molecular flexibility index (Phi) is 5.70. The summed E-state index contributed by atoms with van der Waals surface area (Å²) in [5.74, 6) is -2.85. The molecule has 8 nitrogen and oxygen atoms in total. The topological polar surface area (TPSA) is 121 Å². The van der Waals surface area contributed by atoms with E-state index in [0.29, 0.717) is 5.69 Å². The first-order valence-electron chi connectivity index (χ1n) is 6.01. The number of hydrogen-bond donors (Lipinski definition) is 3. The molecule has 2 atom stereocenters. The van der Waals surface area contributed by atoms with Crippen LogP contribution in [0.5, 0.6) is 0 Å². The highest BCUT2D eigenvalue weighted by Gasteiger charge is 2.25. The fraction of sp³-hybridized carbons (Fsp3) is 0.500. The number of hydrogen-bond acceptors (Lipinski definition) is 5. The van der Waals surface area contributed by atoms with Crippen molar-refractivity contribution < 1.29 is 24.2 Å².